The van der Waals surface area contributed by atoms with Crippen LogP contribution in [0.3, 0.4) is 0 Å². The molecule has 1 aromatic carbocycles. The van der Waals surface area contributed by atoms with Gasteiger partial charge in [0.25, 0.3) is 0 Å². The van der Waals surface area contributed by atoms with Crippen molar-refractivity contribution in [2.75, 3.05) is 20.2 Å². The lowest BCUT2D eigenvalue weighted by Crippen LogP contribution is -2.22. The third-order valence-electron chi connectivity index (χ3n) is 3.93. The molecule has 1 aliphatic heterocycles. The van der Waals surface area contributed by atoms with E-state index >= 15 is 0 Å². The zero-order valence-electron chi connectivity index (χ0n) is 11.4. The molecule has 0 amide bonds. The Hall–Kier alpha value is -1.09. The number of ether oxygens (including phenoxy) is 1. The van der Waals surface area contributed by atoms with Crippen molar-refractivity contribution in [2.45, 2.75) is 26.8 Å². The van der Waals surface area contributed by atoms with Crippen molar-refractivity contribution in [1.82, 2.24) is 4.90 Å². The van der Waals surface area contributed by atoms with Crippen LogP contribution in [0.4, 0.5) is 4.39 Å². The van der Waals surface area contributed by atoms with Crippen molar-refractivity contribution < 1.29 is 9.13 Å². The maximum Gasteiger partial charge on any atom is 0.131 e. The monoisotopic (exact) mass is 251 g/mol. The molecule has 2 rings (SSSR count). The molecule has 0 N–H and O–H groups in total. The van der Waals surface area contributed by atoms with Gasteiger partial charge >= 0.3 is 0 Å². The van der Waals surface area contributed by atoms with E-state index in [9.17, 15) is 4.39 Å². The maximum atomic E-state index is 13.8. The largest absolute Gasteiger partial charge is 0.496 e. The zero-order chi connectivity index (χ0) is 13.1. The predicted molar refractivity (Wildman–Crippen MR) is 71.2 cm³/mol. The van der Waals surface area contributed by atoms with Gasteiger partial charge in [-0.25, -0.2) is 4.39 Å². The summed E-state index contributed by atoms with van der Waals surface area (Å²) in [5, 5.41) is 0. The zero-order valence-corrected chi connectivity index (χ0v) is 11.4. The van der Waals surface area contributed by atoms with Gasteiger partial charge in [-0.3, -0.25) is 4.90 Å². The van der Waals surface area contributed by atoms with E-state index < -0.39 is 0 Å². The molecule has 0 radical (unpaired) electrons. The quantitative estimate of drug-likeness (QED) is 0.814. The number of methoxy groups -OCH3 is 1. The van der Waals surface area contributed by atoms with Crippen molar-refractivity contribution in [3.8, 4) is 5.75 Å². The van der Waals surface area contributed by atoms with Crippen LogP contribution < -0.4 is 4.74 Å². The Balaban J connectivity index is 2.06. The number of benzene rings is 1. The minimum Gasteiger partial charge on any atom is -0.496 e. The van der Waals surface area contributed by atoms with Crippen LogP contribution in [0.15, 0.2) is 18.2 Å². The van der Waals surface area contributed by atoms with Crippen LogP contribution in [0, 0.1) is 17.7 Å². The third-order valence-corrected chi connectivity index (χ3v) is 3.93. The summed E-state index contributed by atoms with van der Waals surface area (Å²) in [4.78, 5) is 2.33. The molecule has 0 unspecified atom stereocenters. The molecule has 1 aliphatic rings. The fourth-order valence-electron chi connectivity index (χ4n) is 2.66. The van der Waals surface area contributed by atoms with Crippen molar-refractivity contribution in [1.29, 1.82) is 0 Å². The highest BCUT2D eigenvalue weighted by molar-refractivity contribution is 5.34. The van der Waals surface area contributed by atoms with Crippen molar-refractivity contribution in [2.24, 2.45) is 11.8 Å². The molecule has 3 heteroatoms. The van der Waals surface area contributed by atoms with Gasteiger partial charge in [-0.15, -0.1) is 0 Å². The minimum atomic E-state index is -0.164. The van der Waals surface area contributed by atoms with E-state index in [4.69, 9.17) is 4.74 Å². The summed E-state index contributed by atoms with van der Waals surface area (Å²) in [5.41, 5.74) is 0.685. The second-order valence-electron chi connectivity index (χ2n) is 5.45. The molecule has 1 aromatic rings. The molecular weight excluding hydrogens is 229 g/mol. The predicted octanol–water partition coefficient (Wildman–Crippen LogP) is 3.31. The number of hydrogen-bond acceptors (Lipinski definition) is 2. The highest BCUT2D eigenvalue weighted by Gasteiger charge is 2.26. The van der Waals surface area contributed by atoms with E-state index in [2.05, 4.69) is 18.7 Å². The SMILES string of the molecule is COc1cccc(F)c1CN1CC[C@@H](C(C)C)C1. The van der Waals surface area contributed by atoms with Gasteiger partial charge in [0.1, 0.15) is 11.6 Å². The van der Waals surface area contributed by atoms with Gasteiger partial charge in [0.05, 0.1) is 7.11 Å². The molecule has 100 valence electrons. The van der Waals surface area contributed by atoms with Gasteiger partial charge in [-0.05, 0) is 36.9 Å². The van der Waals surface area contributed by atoms with E-state index in [1.165, 1.54) is 12.5 Å². The van der Waals surface area contributed by atoms with E-state index in [1.54, 1.807) is 13.2 Å². The summed E-state index contributed by atoms with van der Waals surface area (Å²) in [7, 11) is 1.60. The number of nitrogens with zero attached hydrogens (tertiary/aromatic N) is 1. The summed E-state index contributed by atoms with van der Waals surface area (Å²) in [6.45, 7) is 7.30. The topological polar surface area (TPSA) is 12.5 Å². The maximum absolute atomic E-state index is 13.8. The van der Waals surface area contributed by atoms with Gasteiger partial charge < -0.3 is 4.74 Å². The normalized spacial score (nSPS) is 20.6. The van der Waals surface area contributed by atoms with Crippen molar-refractivity contribution >= 4 is 0 Å². The molecule has 0 aliphatic carbocycles. The molecular formula is C15H22FNO. The third kappa shape index (κ3) is 2.83. The molecule has 1 atom stereocenters. The van der Waals surface area contributed by atoms with Crippen LogP contribution in [0.25, 0.3) is 0 Å². The van der Waals surface area contributed by atoms with Crippen LogP contribution in [0.5, 0.6) is 5.75 Å². The molecule has 0 bridgehead atoms. The summed E-state index contributed by atoms with van der Waals surface area (Å²) in [6, 6.07) is 5.03. The summed E-state index contributed by atoms with van der Waals surface area (Å²) in [5.74, 6) is 1.94. The Kier molecular flexibility index (Phi) is 4.23. The first kappa shape index (κ1) is 13.3. The lowest BCUT2D eigenvalue weighted by Gasteiger charge is -2.19. The van der Waals surface area contributed by atoms with Crippen LogP contribution >= 0.6 is 0 Å². The molecule has 0 aromatic heterocycles. The summed E-state index contributed by atoms with van der Waals surface area (Å²) < 4.78 is 19.1. The van der Waals surface area contributed by atoms with Gasteiger partial charge in [0, 0.05) is 18.7 Å². The number of hydrogen-bond donors (Lipinski definition) is 0. The number of halogens is 1. The van der Waals surface area contributed by atoms with Gasteiger partial charge in [-0.2, -0.15) is 0 Å². The molecule has 18 heavy (non-hydrogen) atoms. The second kappa shape index (κ2) is 5.70. The molecule has 1 saturated heterocycles. The number of likely N-dealkylation sites (tertiary alicyclic amines) is 1. The molecule has 0 saturated carbocycles. The van der Waals surface area contributed by atoms with Gasteiger partial charge in [0.15, 0.2) is 0 Å². The van der Waals surface area contributed by atoms with Crippen molar-refractivity contribution in [3.63, 3.8) is 0 Å². The minimum absolute atomic E-state index is 0.164. The fourth-order valence-corrected chi connectivity index (χ4v) is 2.66. The number of rotatable bonds is 4. The Morgan fingerprint density at radius 1 is 1.44 bits per heavy atom. The summed E-state index contributed by atoms with van der Waals surface area (Å²) >= 11 is 0. The Morgan fingerprint density at radius 2 is 2.22 bits per heavy atom. The first-order chi connectivity index (χ1) is 8.61. The first-order valence-electron chi connectivity index (χ1n) is 6.65. The smallest absolute Gasteiger partial charge is 0.131 e. The molecule has 0 spiro atoms. The molecule has 1 heterocycles. The Morgan fingerprint density at radius 3 is 2.83 bits per heavy atom. The highest BCUT2D eigenvalue weighted by atomic mass is 19.1. The van der Waals surface area contributed by atoms with E-state index in [1.807, 2.05) is 6.07 Å². The van der Waals surface area contributed by atoms with E-state index in [0.717, 1.165) is 19.0 Å². The van der Waals surface area contributed by atoms with Crippen LogP contribution in [0.2, 0.25) is 0 Å². The Bertz CT molecular complexity index is 405. The average molecular weight is 251 g/mol. The van der Waals surface area contributed by atoms with Crippen molar-refractivity contribution in [3.05, 3.63) is 29.6 Å². The average Bonchev–Trinajstić information content (AvgIpc) is 2.80. The molecule has 2 nitrogen and oxygen atoms in total. The highest BCUT2D eigenvalue weighted by Crippen LogP contribution is 2.28. The fraction of sp³-hybridized carbons (Fsp3) is 0.600. The van der Waals surface area contributed by atoms with E-state index in [-0.39, 0.29) is 5.82 Å². The lowest BCUT2D eigenvalue weighted by atomic mass is 9.95. The van der Waals surface area contributed by atoms with Gasteiger partial charge in [0.2, 0.25) is 0 Å². The molecule has 1 fully saturated rings. The van der Waals surface area contributed by atoms with Crippen LogP contribution in [-0.4, -0.2) is 25.1 Å². The van der Waals surface area contributed by atoms with Crippen LogP contribution in [-0.2, 0) is 6.54 Å². The lowest BCUT2D eigenvalue weighted by molar-refractivity contribution is 0.286. The van der Waals surface area contributed by atoms with E-state index in [0.29, 0.717) is 23.8 Å². The Labute approximate surface area is 109 Å². The summed E-state index contributed by atoms with van der Waals surface area (Å²) in [6.07, 6.45) is 1.22. The standard InChI is InChI=1S/C15H22FNO/c1-11(2)12-7-8-17(9-12)10-13-14(16)5-4-6-15(13)18-3/h4-6,11-12H,7-10H2,1-3H3/t12-/m1/s1. The second-order valence-corrected chi connectivity index (χ2v) is 5.45. The first-order valence-corrected chi connectivity index (χ1v) is 6.65. The van der Waals surface area contributed by atoms with Crippen LogP contribution in [0.1, 0.15) is 25.8 Å². The van der Waals surface area contributed by atoms with Gasteiger partial charge in [-0.1, -0.05) is 19.9 Å².